The number of carbonyl (C=O) groups is 1. The van der Waals surface area contributed by atoms with Gasteiger partial charge in [-0.25, -0.2) is 4.98 Å². The zero-order chi connectivity index (χ0) is 15.1. The summed E-state index contributed by atoms with van der Waals surface area (Å²) in [5, 5.41) is 0. The molecule has 1 aromatic rings. The minimum absolute atomic E-state index is 0.203. The van der Waals surface area contributed by atoms with E-state index in [1.807, 2.05) is 6.20 Å². The summed E-state index contributed by atoms with van der Waals surface area (Å²) in [7, 11) is 0. The number of amides is 1. The van der Waals surface area contributed by atoms with Crippen molar-refractivity contribution in [3.05, 3.63) is 29.9 Å². The summed E-state index contributed by atoms with van der Waals surface area (Å²) in [5.41, 5.74) is 1.25. The predicted molar refractivity (Wildman–Crippen MR) is 85.7 cm³/mol. The maximum Gasteiger partial charge on any atom is 0.226 e. The topological polar surface area (TPSA) is 38.1 Å². The molecule has 118 valence electrons. The van der Waals surface area contributed by atoms with Gasteiger partial charge in [0.05, 0.1) is 6.04 Å². The van der Waals surface area contributed by atoms with Crippen LogP contribution in [-0.4, -0.2) is 33.4 Å². The van der Waals surface area contributed by atoms with Gasteiger partial charge in [-0.1, -0.05) is 18.6 Å². The summed E-state index contributed by atoms with van der Waals surface area (Å²) in [5.74, 6) is 2.48. The summed E-state index contributed by atoms with van der Waals surface area (Å²) >= 11 is 0. The van der Waals surface area contributed by atoms with Gasteiger partial charge in [-0.05, 0) is 39.0 Å². The Labute approximate surface area is 132 Å². The smallest absolute Gasteiger partial charge is 0.226 e. The van der Waals surface area contributed by atoms with Gasteiger partial charge in [-0.15, -0.1) is 0 Å². The van der Waals surface area contributed by atoms with E-state index in [-0.39, 0.29) is 5.92 Å². The van der Waals surface area contributed by atoms with Gasteiger partial charge in [0, 0.05) is 36.8 Å². The number of aryl methyl sites for hydroxylation is 1. The van der Waals surface area contributed by atoms with E-state index in [2.05, 4.69) is 33.5 Å². The third-order valence-electron chi connectivity index (χ3n) is 5.68. The molecule has 1 unspecified atom stereocenters. The van der Waals surface area contributed by atoms with E-state index in [1.165, 1.54) is 30.8 Å². The normalized spacial score (nSPS) is 25.9. The molecule has 0 radical (unpaired) electrons. The van der Waals surface area contributed by atoms with Gasteiger partial charge in [0.1, 0.15) is 5.82 Å². The second-order valence-electron chi connectivity index (χ2n) is 7.12. The van der Waals surface area contributed by atoms with Crippen LogP contribution in [0.4, 0.5) is 0 Å². The van der Waals surface area contributed by atoms with Crippen LogP contribution in [0, 0.1) is 12.8 Å². The SMILES string of the molecule is Cc1cnc(C2CCC2)n1C1CCN(C(=O)C2CC=CC2)C1. The molecule has 1 saturated heterocycles. The van der Waals surface area contributed by atoms with Crippen molar-refractivity contribution in [1.82, 2.24) is 14.5 Å². The minimum atomic E-state index is 0.203. The quantitative estimate of drug-likeness (QED) is 0.804. The number of hydrogen-bond donors (Lipinski definition) is 0. The molecule has 3 aliphatic rings. The molecule has 4 nitrogen and oxygen atoms in total. The predicted octanol–water partition coefficient (Wildman–Crippen LogP) is 3.20. The summed E-state index contributed by atoms with van der Waals surface area (Å²) in [6.07, 6.45) is 13.1. The van der Waals surface area contributed by atoms with Gasteiger partial charge in [0.15, 0.2) is 0 Å². The van der Waals surface area contributed by atoms with Crippen LogP contribution in [0.5, 0.6) is 0 Å². The van der Waals surface area contributed by atoms with Crippen molar-refractivity contribution in [2.24, 2.45) is 5.92 Å². The van der Waals surface area contributed by atoms with E-state index in [4.69, 9.17) is 0 Å². The first-order valence-electron chi connectivity index (χ1n) is 8.71. The average molecular weight is 299 g/mol. The van der Waals surface area contributed by atoms with Crippen molar-refractivity contribution in [3.8, 4) is 0 Å². The number of likely N-dealkylation sites (tertiary alicyclic amines) is 1. The van der Waals surface area contributed by atoms with E-state index < -0.39 is 0 Å². The molecular formula is C18H25N3O. The maximum absolute atomic E-state index is 12.6. The summed E-state index contributed by atoms with van der Waals surface area (Å²) in [6.45, 7) is 3.93. The van der Waals surface area contributed by atoms with E-state index in [9.17, 15) is 4.79 Å². The zero-order valence-corrected chi connectivity index (χ0v) is 13.4. The Balaban J connectivity index is 1.48. The zero-order valence-electron chi connectivity index (χ0n) is 13.4. The number of nitrogens with zero attached hydrogens (tertiary/aromatic N) is 3. The molecular weight excluding hydrogens is 274 g/mol. The van der Waals surface area contributed by atoms with Gasteiger partial charge in [0.25, 0.3) is 0 Å². The third-order valence-corrected chi connectivity index (χ3v) is 5.68. The van der Waals surface area contributed by atoms with Gasteiger partial charge < -0.3 is 9.47 Å². The van der Waals surface area contributed by atoms with Crippen molar-refractivity contribution >= 4 is 5.91 Å². The second-order valence-corrected chi connectivity index (χ2v) is 7.12. The van der Waals surface area contributed by atoms with Crippen LogP contribution in [0.25, 0.3) is 0 Å². The number of carbonyl (C=O) groups excluding carboxylic acids is 1. The molecule has 1 aliphatic heterocycles. The molecule has 1 saturated carbocycles. The highest BCUT2D eigenvalue weighted by Gasteiger charge is 2.34. The lowest BCUT2D eigenvalue weighted by atomic mass is 9.84. The van der Waals surface area contributed by atoms with Crippen LogP contribution >= 0.6 is 0 Å². The number of allylic oxidation sites excluding steroid dienone is 2. The fourth-order valence-corrected chi connectivity index (χ4v) is 4.14. The van der Waals surface area contributed by atoms with Crippen molar-refractivity contribution in [2.75, 3.05) is 13.1 Å². The van der Waals surface area contributed by atoms with Crippen molar-refractivity contribution in [1.29, 1.82) is 0 Å². The molecule has 4 rings (SSSR count). The molecule has 2 fully saturated rings. The molecule has 2 heterocycles. The molecule has 0 aromatic carbocycles. The lowest BCUT2D eigenvalue weighted by Gasteiger charge is -2.28. The first kappa shape index (κ1) is 14.0. The number of hydrogen-bond acceptors (Lipinski definition) is 2. The van der Waals surface area contributed by atoms with E-state index in [1.54, 1.807) is 0 Å². The van der Waals surface area contributed by atoms with Crippen molar-refractivity contribution < 1.29 is 4.79 Å². The lowest BCUT2D eigenvalue weighted by molar-refractivity contribution is -0.134. The standard InChI is InChI=1S/C18H25N3O/c1-13-11-19-17(14-7-4-8-14)21(13)16-9-10-20(12-16)18(22)15-5-2-3-6-15/h2-3,11,14-16H,4-10,12H2,1H3. The largest absolute Gasteiger partial charge is 0.340 e. The Morgan fingerprint density at radius 3 is 2.68 bits per heavy atom. The number of aromatic nitrogens is 2. The van der Waals surface area contributed by atoms with Gasteiger partial charge in [0.2, 0.25) is 5.91 Å². The summed E-state index contributed by atoms with van der Waals surface area (Å²) in [6, 6.07) is 0.427. The van der Waals surface area contributed by atoms with Crippen LogP contribution in [-0.2, 0) is 4.79 Å². The molecule has 0 bridgehead atoms. The molecule has 0 N–H and O–H groups in total. The fraction of sp³-hybridized carbons (Fsp3) is 0.667. The second kappa shape index (κ2) is 5.56. The van der Waals surface area contributed by atoms with Crippen molar-refractivity contribution in [3.63, 3.8) is 0 Å². The molecule has 22 heavy (non-hydrogen) atoms. The molecule has 1 amide bonds. The summed E-state index contributed by atoms with van der Waals surface area (Å²) in [4.78, 5) is 19.4. The van der Waals surface area contributed by atoms with Crippen LogP contribution < -0.4 is 0 Å². The Morgan fingerprint density at radius 2 is 2.00 bits per heavy atom. The first-order chi connectivity index (χ1) is 10.7. The summed E-state index contributed by atoms with van der Waals surface area (Å²) < 4.78 is 2.43. The van der Waals surface area contributed by atoms with E-state index in [0.717, 1.165) is 32.4 Å². The highest BCUT2D eigenvalue weighted by atomic mass is 16.2. The molecule has 2 aliphatic carbocycles. The van der Waals surface area contributed by atoms with Crippen LogP contribution in [0.2, 0.25) is 0 Å². The minimum Gasteiger partial charge on any atom is -0.340 e. The van der Waals surface area contributed by atoms with Crippen LogP contribution in [0.3, 0.4) is 0 Å². The molecule has 1 aromatic heterocycles. The Kier molecular flexibility index (Phi) is 3.55. The number of rotatable bonds is 3. The van der Waals surface area contributed by atoms with Gasteiger partial charge >= 0.3 is 0 Å². The monoisotopic (exact) mass is 299 g/mol. The van der Waals surface area contributed by atoms with E-state index in [0.29, 0.717) is 17.9 Å². The van der Waals surface area contributed by atoms with Crippen LogP contribution in [0.15, 0.2) is 18.3 Å². The van der Waals surface area contributed by atoms with E-state index >= 15 is 0 Å². The highest BCUT2D eigenvalue weighted by molar-refractivity contribution is 5.80. The first-order valence-corrected chi connectivity index (χ1v) is 8.71. The van der Waals surface area contributed by atoms with Gasteiger partial charge in [-0.3, -0.25) is 4.79 Å². The average Bonchev–Trinajstić information content (AvgIpc) is 3.16. The Hall–Kier alpha value is -1.58. The highest BCUT2D eigenvalue weighted by Crippen LogP contribution is 2.38. The molecule has 1 atom stereocenters. The number of imidazole rings is 1. The molecule has 0 spiro atoms. The molecule has 4 heteroatoms. The van der Waals surface area contributed by atoms with Crippen LogP contribution in [0.1, 0.15) is 62.0 Å². The maximum atomic E-state index is 12.6. The van der Waals surface area contributed by atoms with Gasteiger partial charge in [-0.2, -0.15) is 0 Å². The Morgan fingerprint density at radius 1 is 1.23 bits per heavy atom. The van der Waals surface area contributed by atoms with Crippen molar-refractivity contribution in [2.45, 2.75) is 57.4 Å². The Bertz CT molecular complexity index is 591. The fourth-order valence-electron chi connectivity index (χ4n) is 4.14. The lowest BCUT2D eigenvalue weighted by Crippen LogP contribution is -2.34. The third kappa shape index (κ3) is 2.29.